The molecule has 2 N–H and O–H groups in total. The smallest absolute Gasteiger partial charge is 0.320 e. The van der Waals surface area contributed by atoms with Crippen LogP contribution in [0.1, 0.15) is 12.8 Å². The summed E-state index contributed by atoms with van der Waals surface area (Å²) in [4.78, 5) is 10.6. The zero-order chi connectivity index (χ0) is 9.68. The van der Waals surface area contributed by atoms with Gasteiger partial charge in [0.2, 0.25) is 0 Å². The number of nitrogens with one attached hydrogen (secondary N) is 1. The highest BCUT2D eigenvalue weighted by atomic mass is 19.1. The van der Waals surface area contributed by atoms with Crippen molar-refractivity contribution in [2.75, 3.05) is 19.8 Å². The van der Waals surface area contributed by atoms with Crippen molar-refractivity contribution in [3.8, 4) is 0 Å². The molecular weight excluding hydrogens is 177 g/mol. The van der Waals surface area contributed by atoms with Crippen LogP contribution in [0, 0.1) is 0 Å². The molecule has 1 rings (SSSR count). The molecule has 5 heteroatoms. The first kappa shape index (κ1) is 10.4. The summed E-state index contributed by atoms with van der Waals surface area (Å²) in [5.41, 5.74) is 0. The van der Waals surface area contributed by atoms with Gasteiger partial charge in [-0.25, -0.2) is 4.39 Å². The van der Waals surface area contributed by atoms with E-state index in [4.69, 9.17) is 9.84 Å². The number of halogens is 1. The van der Waals surface area contributed by atoms with Gasteiger partial charge in [0, 0.05) is 0 Å². The normalized spacial score (nSPS) is 28.7. The van der Waals surface area contributed by atoms with Gasteiger partial charge in [-0.2, -0.15) is 0 Å². The van der Waals surface area contributed by atoms with Gasteiger partial charge in [-0.05, 0) is 19.4 Å². The molecule has 4 nitrogen and oxygen atoms in total. The molecule has 0 spiro atoms. The Kier molecular flexibility index (Phi) is 4.11. The minimum absolute atomic E-state index is 0.0665. The summed E-state index contributed by atoms with van der Waals surface area (Å²) < 4.78 is 16.9. The highest BCUT2D eigenvalue weighted by molar-refractivity contribution is 5.73. The zero-order valence-corrected chi connectivity index (χ0v) is 7.33. The van der Waals surface area contributed by atoms with Crippen LogP contribution >= 0.6 is 0 Å². The number of hydrogen-bond acceptors (Lipinski definition) is 3. The van der Waals surface area contributed by atoms with E-state index < -0.39 is 18.7 Å². The predicted molar refractivity (Wildman–Crippen MR) is 44.4 cm³/mol. The predicted octanol–water partition coefficient (Wildman–Crippen LogP) is 0.178. The van der Waals surface area contributed by atoms with E-state index in [0.29, 0.717) is 13.0 Å². The lowest BCUT2D eigenvalue weighted by Gasteiger charge is -2.27. The van der Waals surface area contributed by atoms with Crippen LogP contribution in [0.5, 0.6) is 0 Å². The summed E-state index contributed by atoms with van der Waals surface area (Å²) in [7, 11) is 0. The van der Waals surface area contributed by atoms with E-state index in [0.717, 1.165) is 6.42 Å². The van der Waals surface area contributed by atoms with Crippen LogP contribution in [0.15, 0.2) is 0 Å². The molecule has 1 aliphatic heterocycles. The van der Waals surface area contributed by atoms with Crippen LogP contribution in [0.2, 0.25) is 0 Å². The molecular formula is C8H14FNO3. The van der Waals surface area contributed by atoms with E-state index in [1.54, 1.807) is 0 Å². The molecule has 0 radical (unpaired) electrons. The molecule has 0 saturated carbocycles. The summed E-state index contributed by atoms with van der Waals surface area (Å²) in [6.45, 7) is 0.173. The van der Waals surface area contributed by atoms with Gasteiger partial charge in [0.05, 0.1) is 12.7 Å². The number of carboxylic acids is 1. The molecule has 1 fully saturated rings. The SMILES string of the molecule is O=C(O)C1CC(OCCF)CCN1. The van der Waals surface area contributed by atoms with E-state index in [1.807, 2.05) is 0 Å². The average molecular weight is 191 g/mol. The second-order valence-electron chi connectivity index (χ2n) is 3.05. The Bertz CT molecular complexity index is 177. The van der Waals surface area contributed by atoms with Gasteiger partial charge in [-0.1, -0.05) is 0 Å². The number of rotatable bonds is 4. The number of alkyl halides is 1. The third kappa shape index (κ3) is 3.28. The molecule has 0 bridgehead atoms. The third-order valence-electron chi connectivity index (χ3n) is 2.08. The lowest BCUT2D eigenvalue weighted by molar-refractivity contribution is -0.141. The van der Waals surface area contributed by atoms with Crippen LogP contribution in [-0.2, 0) is 9.53 Å². The van der Waals surface area contributed by atoms with Gasteiger partial charge in [-0.15, -0.1) is 0 Å². The average Bonchev–Trinajstić information content (AvgIpc) is 2.15. The van der Waals surface area contributed by atoms with Crippen LogP contribution in [0.25, 0.3) is 0 Å². The maximum Gasteiger partial charge on any atom is 0.320 e. The lowest BCUT2D eigenvalue weighted by atomic mass is 10.0. The van der Waals surface area contributed by atoms with Crippen molar-refractivity contribution >= 4 is 5.97 Å². The lowest BCUT2D eigenvalue weighted by Crippen LogP contribution is -2.46. The Hall–Kier alpha value is -0.680. The molecule has 1 heterocycles. The van der Waals surface area contributed by atoms with Gasteiger partial charge < -0.3 is 15.2 Å². The first-order valence-corrected chi connectivity index (χ1v) is 4.38. The summed E-state index contributed by atoms with van der Waals surface area (Å²) in [5.74, 6) is -0.867. The number of carboxylic acid groups (broad SMARTS) is 1. The standard InChI is InChI=1S/C8H14FNO3/c9-2-4-13-6-1-3-10-7(5-6)8(11)12/h6-7,10H,1-5H2,(H,11,12). The molecule has 0 aromatic heterocycles. The second kappa shape index (κ2) is 5.14. The van der Waals surface area contributed by atoms with E-state index in [-0.39, 0.29) is 12.7 Å². The topological polar surface area (TPSA) is 58.6 Å². The fourth-order valence-electron chi connectivity index (χ4n) is 1.43. The van der Waals surface area contributed by atoms with E-state index in [1.165, 1.54) is 0 Å². The number of piperidine rings is 1. The van der Waals surface area contributed by atoms with Crippen molar-refractivity contribution in [1.82, 2.24) is 5.32 Å². The Morgan fingerprint density at radius 1 is 1.69 bits per heavy atom. The monoisotopic (exact) mass is 191 g/mol. The summed E-state index contributed by atoms with van der Waals surface area (Å²) in [6.07, 6.45) is 1.07. The number of hydrogen-bond donors (Lipinski definition) is 2. The van der Waals surface area contributed by atoms with Gasteiger partial charge in [0.1, 0.15) is 12.7 Å². The van der Waals surface area contributed by atoms with Gasteiger partial charge in [0.15, 0.2) is 0 Å². The fraction of sp³-hybridized carbons (Fsp3) is 0.875. The highest BCUT2D eigenvalue weighted by Crippen LogP contribution is 2.12. The molecule has 0 amide bonds. The minimum Gasteiger partial charge on any atom is -0.480 e. The Balaban J connectivity index is 2.29. The first-order chi connectivity index (χ1) is 6.24. The Morgan fingerprint density at radius 2 is 2.46 bits per heavy atom. The van der Waals surface area contributed by atoms with Crippen molar-refractivity contribution in [2.45, 2.75) is 25.0 Å². The minimum atomic E-state index is -0.867. The van der Waals surface area contributed by atoms with Gasteiger partial charge in [0.25, 0.3) is 0 Å². The molecule has 2 unspecified atom stereocenters. The quantitative estimate of drug-likeness (QED) is 0.665. The fourth-order valence-corrected chi connectivity index (χ4v) is 1.43. The molecule has 0 aromatic carbocycles. The van der Waals surface area contributed by atoms with Crippen LogP contribution in [0.3, 0.4) is 0 Å². The third-order valence-corrected chi connectivity index (χ3v) is 2.08. The molecule has 13 heavy (non-hydrogen) atoms. The largest absolute Gasteiger partial charge is 0.480 e. The van der Waals surface area contributed by atoms with Crippen LogP contribution < -0.4 is 5.32 Å². The Morgan fingerprint density at radius 3 is 3.08 bits per heavy atom. The summed E-state index contributed by atoms with van der Waals surface area (Å²) in [6, 6.07) is -0.543. The molecule has 2 atom stereocenters. The van der Waals surface area contributed by atoms with E-state index in [2.05, 4.69) is 5.32 Å². The van der Waals surface area contributed by atoms with E-state index >= 15 is 0 Å². The molecule has 0 aliphatic carbocycles. The maximum atomic E-state index is 11.7. The van der Waals surface area contributed by atoms with Gasteiger partial charge >= 0.3 is 5.97 Å². The molecule has 0 aromatic rings. The summed E-state index contributed by atoms with van der Waals surface area (Å²) >= 11 is 0. The van der Waals surface area contributed by atoms with Crippen molar-refractivity contribution in [3.63, 3.8) is 0 Å². The first-order valence-electron chi connectivity index (χ1n) is 4.38. The molecule has 1 aliphatic rings. The highest BCUT2D eigenvalue weighted by Gasteiger charge is 2.26. The summed E-state index contributed by atoms with van der Waals surface area (Å²) in [5, 5.41) is 11.5. The van der Waals surface area contributed by atoms with Crippen LogP contribution in [-0.4, -0.2) is 43.0 Å². The molecule has 1 saturated heterocycles. The van der Waals surface area contributed by atoms with E-state index in [9.17, 15) is 9.18 Å². The maximum absolute atomic E-state index is 11.7. The van der Waals surface area contributed by atoms with Crippen molar-refractivity contribution in [2.24, 2.45) is 0 Å². The van der Waals surface area contributed by atoms with Gasteiger partial charge in [-0.3, -0.25) is 4.79 Å². The number of carbonyl (C=O) groups is 1. The number of ether oxygens (including phenoxy) is 1. The van der Waals surface area contributed by atoms with Crippen LogP contribution in [0.4, 0.5) is 4.39 Å². The second-order valence-corrected chi connectivity index (χ2v) is 3.05. The number of aliphatic carboxylic acids is 1. The molecule has 76 valence electrons. The van der Waals surface area contributed by atoms with Crippen molar-refractivity contribution in [3.05, 3.63) is 0 Å². The zero-order valence-electron chi connectivity index (χ0n) is 7.33. The van der Waals surface area contributed by atoms with Crippen molar-refractivity contribution in [1.29, 1.82) is 0 Å². The Labute approximate surface area is 76.1 Å². The van der Waals surface area contributed by atoms with Crippen molar-refractivity contribution < 1.29 is 19.0 Å².